The number of hydrogen-bond donors (Lipinski definition) is 1. The smallest absolute Gasteiger partial charge is 0.490 e. The van der Waals surface area contributed by atoms with Crippen molar-refractivity contribution in [2.75, 3.05) is 41.0 Å². The van der Waals surface area contributed by atoms with Crippen molar-refractivity contribution in [2.45, 2.75) is 25.3 Å². The van der Waals surface area contributed by atoms with Crippen LogP contribution in [0.1, 0.15) is 17.3 Å². The van der Waals surface area contributed by atoms with Crippen LogP contribution in [0.3, 0.4) is 0 Å². The van der Waals surface area contributed by atoms with Crippen LogP contribution in [0.25, 0.3) is 0 Å². The number of fused-ring (bicyclic) bond motifs is 1. The van der Waals surface area contributed by atoms with E-state index in [1.165, 1.54) is 4.90 Å². The van der Waals surface area contributed by atoms with Crippen molar-refractivity contribution in [1.29, 1.82) is 0 Å². The first-order valence-electron chi connectivity index (χ1n) is 9.97. The third-order valence-electron chi connectivity index (χ3n) is 4.82. The third-order valence-corrected chi connectivity index (χ3v) is 4.82. The number of carbonyl (C=O) groups is 2. The lowest BCUT2D eigenvalue weighted by molar-refractivity contribution is -0.192. The van der Waals surface area contributed by atoms with Gasteiger partial charge in [0.25, 0.3) is 0 Å². The van der Waals surface area contributed by atoms with E-state index in [-0.39, 0.29) is 18.6 Å². The van der Waals surface area contributed by atoms with Gasteiger partial charge < -0.3 is 19.5 Å². The third kappa shape index (κ3) is 7.75. The number of rotatable bonds is 7. The first-order valence-corrected chi connectivity index (χ1v) is 9.97. The Kier molecular flexibility index (Phi) is 9.23. The van der Waals surface area contributed by atoms with Crippen LogP contribution in [0.5, 0.6) is 5.75 Å². The second-order valence-corrected chi connectivity index (χ2v) is 7.51. The van der Waals surface area contributed by atoms with E-state index in [4.69, 9.17) is 19.4 Å². The highest BCUT2D eigenvalue weighted by molar-refractivity contribution is 5.76. The summed E-state index contributed by atoms with van der Waals surface area (Å²) in [4.78, 5) is 24.5. The molecule has 2 aromatic rings. The quantitative estimate of drug-likeness (QED) is 0.660. The number of aromatic nitrogens is 2. The second-order valence-electron chi connectivity index (χ2n) is 7.51. The Labute approximate surface area is 189 Å². The molecule has 1 atom stereocenters. The minimum Gasteiger partial charge on any atom is -0.496 e. The molecule has 0 aliphatic carbocycles. The van der Waals surface area contributed by atoms with Gasteiger partial charge in [-0.2, -0.15) is 18.3 Å². The van der Waals surface area contributed by atoms with E-state index in [1.807, 2.05) is 35.1 Å². The molecule has 33 heavy (non-hydrogen) atoms. The Morgan fingerprint density at radius 3 is 2.52 bits per heavy atom. The van der Waals surface area contributed by atoms with Crippen molar-refractivity contribution < 1.29 is 37.3 Å². The molecular formula is C21H27F3N4O5. The summed E-state index contributed by atoms with van der Waals surface area (Å²) in [5, 5.41) is 11.6. The van der Waals surface area contributed by atoms with Crippen molar-refractivity contribution in [2.24, 2.45) is 0 Å². The molecule has 3 rings (SSSR count). The van der Waals surface area contributed by atoms with Crippen LogP contribution < -0.4 is 4.74 Å². The number of benzene rings is 1. The molecule has 1 aliphatic rings. The molecule has 12 heteroatoms. The van der Waals surface area contributed by atoms with Crippen LogP contribution >= 0.6 is 0 Å². The predicted molar refractivity (Wildman–Crippen MR) is 112 cm³/mol. The van der Waals surface area contributed by atoms with Gasteiger partial charge in [-0.05, 0) is 12.1 Å². The number of halogens is 3. The molecule has 1 aromatic heterocycles. The monoisotopic (exact) mass is 472 g/mol. The zero-order valence-corrected chi connectivity index (χ0v) is 18.6. The van der Waals surface area contributed by atoms with Crippen molar-refractivity contribution >= 4 is 11.9 Å². The summed E-state index contributed by atoms with van der Waals surface area (Å²) in [6.07, 6.45) is -3.26. The molecule has 9 nitrogen and oxygen atoms in total. The van der Waals surface area contributed by atoms with Crippen molar-refractivity contribution in [1.82, 2.24) is 19.6 Å². The van der Waals surface area contributed by atoms with E-state index < -0.39 is 12.1 Å². The Morgan fingerprint density at radius 2 is 1.91 bits per heavy atom. The minimum absolute atomic E-state index is 0.0348. The number of ether oxygens (including phenoxy) is 2. The number of alkyl halides is 3. The molecule has 0 saturated heterocycles. The molecule has 0 bridgehead atoms. The maximum atomic E-state index is 11.7. The SMILES string of the molecule is COc1ccccc1CN1Cc2ccnn2C(COCC(=O)N(C)C)C1.O=C(O)C(F)(F)F. The van der Waals surface area contributed by atoms with Gasteiger partial charge >= 0.3 is 12.1 Å². The molecule has 0 spiro atoms. The van der Waals surface area contributed by atoms with E-state index in [0.717, 1.165) is 36.6 Å². The number of likely N-dealkylation sites (N-methyl/N-ethyl adjacent to an activating group) is 1. The number of para-hydroxylation sites is 1. The van der Waals surface area contributed by atoms with Gasteiger partial charge in [0.2, 0.25) is 5.91 Å². The first kappa shape index (κ1) is 26.1. The first-order chi connectivity index (χ1) is 15.5. The number of carboxylic acid groups (broad SMARTS) is 1. The zero-order valence-electron chi connectivity index (χ0n) is 18.6. The largest absolute Gasteiger partial charge is 0.496 e. The van der Waals surface area contributed by atoms with Crippen LogP contribution in [0, 0.1) is 0 Å². The van der Waals surface area contributed by atoms with Crippen LogP contribution in [-0.4, -0.2) is 83.7 Å². The maximum Gasteiger partial charge on any atom is 0.490 e. The highest BCUT2D eigenvalue weighted by Crippen LogP contribution is 2.25. The highest BCUT2D eigenvalue weighted by Gasteiger charge is 2.38. The summed E-state index contributed by atoms with van der Waals surface area (Å²) in [5.41, 5.74) is 2.31. The van der Waals surface area contributed by atoms with Gasteiger partial charge in [-0.25, -0.2) is 4.79 Å². The summed E-state index contributed by atoms with van der Waals surface area (Å²) in [5.74, 6) is -1.89. The fourth-order valence-electron chi connectivity index (χ4n) is 3.19. The maximum absolute atomic E-state index is 11.7. The van der Waals surface area contributed by atoms with Crippen molar-refractivity contribution in [3.05, 3.63) is 47.8 Å². The number of nitrogens with zero attached hydrogens (tertiary/aromatic N) is 4. The van der Waals surface area contributed by atoms with Crippen molar-refractivity contribution in [3.8, 4) is 5.75 Å². The molecule has 1 aliphatic heterocycles. The topological polar surface area (TPSA) is 97.1 Å². The van der Waals surface area contributed by atoms with Crippen molar-refractivity contribution in [3.63, 3.8) is 0 Å². The Bertz CT molecular complexity index is 933. The van der Waals surface area contributed by atoms with Crippen LogP contribution in [-0.2, 0) is 27.4 Å². The summed E-state index contributed by atoms with van der Waals surface area (Å²) in [6.45, 7) is 2.97. The lowest BCUT2D eigenvalue weighted by atomic mass is 10.1. The standard InChI is InChI=1S/C19H26N4O3.C2HF3O2/c1-21(2)19(24)14-26-13-17-12-22(11-16-8-9-20-23(16)17)10-15-6-4-5-7-18(15)25-3;3-2(4,5)1(6)7/h4-9,17H,10-14H2,1-3H3;(H,6,7). The van der Waals surface area contributed by atoms with Gasteiger partial charge in [-0.15, -0.1) is 0 Å². The van der Waals surface area contributed by atoms with E-state index in [1.54, 1.807) is 21.2 Å². The molecule has 0 saturated carbocycles. The lowest BCUT2D eigenvalue weighted by Gasteiger charge is -2.34. The highest BCUT2D eigenvalue weighted by atomic mass is 19.4. The molecule has 182 valence electrons. The van der Waals surface area contributed by atoms with E-state index in [9.17, 15) is 18.0 Å². The molecule has 2 heterocycles. The Morgan fingerprint density at radius 1 is 1.24 bits per heavy atom. The Hall–Kier alpha value is -3.12. The van der Waals surface area contributed by atoms with Gasteiger partial charge in [0.05, 0.1) is 25.5 Å². The Balaban J connectivity index is 0.000000479. The molecule has 1 amide bonds. The molecule has 0 fully saturated rings. The van der Waals surface area contributed by atoms with Gasteiger partial charge in [0, 0.05) is 45.5 Å². The summed E-state index contributed by atoms with van der Waals surface area (Å²) >= 11 is 0. The number of amides is 1. The minimum atomic E-state index is -5.08. The lowest BCUT2D eigenvalue weighted by Crippen LogP contribution is -2.39. The van der Waals surface area contributed by atoms with E-state index >= 15 is 0 Å². The number of hydrogen-bond acceptors (Lipinski definition) is 6. The summed E-state index contributed by atoms with van der Waals surface area (Å²) < 4.78 is 44.9. The summed E-state index contributed by atoms with van der Waals surface area (Å²) in [7, 11) is 5.16. The molecule has 1 aromatic carbocycles. The normalized spacial score (nSPS) is 15.8. The van der Waals surface area contributed by atoms with Crippen LogP contribution in [0.15, 0.2) is 36.5 Å². The van der Waals surface area contributed by atoms with Gasteiger partial charge in [0.1, 0.15) is 12.4 Å². The van der Waals surface area contributed by atoms with Gasteiger partial charge in [0.15, 0.2) is 0 Å². The number of aliphatic carboxylic acids is 1. The van der Waals surface area contributed by atoms with E-state index in [0.29, 0.717) is 6.61 Å². The number of carboxylic acids is 1. The zero-order chi connectivity index (χ0) is 24.6. The molecule has 1 unspecified atom stereocenters. The molecule has 1 N–H and O–H groups in total. The summed E-state index contributed by atoms with van der Waals surface area (Å²) in [6, 6.07) is 10.2. The van der Waals surface area contributed by atoms with E-state index in [2.05, 4.69) is 16.1 Å². The van der Waals surface area contributed by atoms with Gasteiger partial charge in [-0.3, -0.25) is 14.4 Å². The average Bonchev–Trinajstić information content (AvgIpc) is 3.22. The number of methoxy groups -OCH3 is 1. The number of carbonyl (C=O) groups excluding carboxylic acids is 1. The fourth-order valence-corrected chi connectivity index (χ4v) is 3.19. The molecule has 0 radical (unpaired) electrons. The van der Waals surface area contributed by atoms with Gasteiger partial charge in [-0.1, -0.05) is 18.2 Å². The second kappa shape index (κ2) is 11.7. The van der Waals surface area contributed by atoms with Crippen LogP contribution in [0.4, 0.5) is 13.2 Å². The fraction of sp³-hybridized carbons (Fsp3) is 0.476. The van der Waals surface area contributed by atoms with Crippen LogP contribution in [0.2, 0.25) is 0 Å². The average molecular weight is 472 g/mol. The predicted octanol–water partition coefficient (Wildman–Crippen LogP) is 2.19. The molecular weight excluding hydrogens is 445 g/mol.